The molecule has 0 fully saturated rings. The van der Waals surface area contributed by atoms with Crippen LogP contribution in [0.5, 0.6) is 0 Å². The van der Waals surface area contributed by atoms with Crippen molar-refractivity contribution in [3.8, 4) is 0 Å². The Morgan fingerprint density at radius 2 is 1.55 bits per heavy atom. The molecule has 180 valence electrons. The zero-order chi connectivity index (χ0) is 23.5. The number of benzene rings is 2. The van der Waals surface area contributed by atoms with Crippen LogP contribution in [0.25, 0.3) is 0 Å². The predicted molar refractivity (Wildman–Crippen MR) is 145 cm³/mol. The van der Waals surface area contributed by atoms with Gasteiger partial charge in [0.15, 0.2) is 5.96 Å². The number of guanidine groups is 1. The van der Waals surface area contributed by atoms with E-state index in [1.165, 1.54) is 0 Å². The molecular weight excluding hydrogens is 531 g/mol. The first-order chi connectivity index (χ1) is 15.3. The third kappa shape index (κ3) is 10.1. The molecular formula is C24H35IN6O2. The van der Waals surface area contributed by atoms with Gasteiger partial charge in [-0.1, -0.05) is 24.3 Å². The lowest BCUT2D eigenvalue weighted by Crippen LogP contribution is -2.36. The molecule has 33 heavy (non-hydrogen) atoms. The molecule has 0 aliphatic heterocycles. The van der Waals surface area contributed by atoms with Crippen molar-refractivity contribution in [2.75, 3.05) is 26.0 Å². The molecule has 2 aromatic rings. The van der Waals surface area contributed by atoms with E-state index in [0.29, 0.717) is 24.6 Å². The van der Waals surface area contributed by atoms with Crippen LogP contribution in [0.4, 0.5) is 10.5 Å². The Bertz CT molecular complexity index is 912. The maximum absolute atomic E-state index is 12.0. The number of anilines is 1. The predicted octanol–water partition coefficient (Wildman–Crippen LogP) is 3.79. The minimum atomic E-state index is -0.219. The highest BCUT2D eigenvalue weighted by Crippen LogP contribution is 2.11. The standard InChI is InChI=1S/C24H34N6O2.HI/c1-6-25-23(26-15-18-7-11-20(12-8-18)22(31)30(4)5)27-16-19-9-13-21(14-10-19)29-24(32)28-17(2)3;/h7-14,17H,6,15-16H2,1-5H3,(H2,25,26,27)(H2,28,29,32);1H. The van der Waals surface area contributed by atoms with Crippen LogP contribution in [0.15, 0.2) is 53.5 Å². The van der Waals surface area contributed by atoms with Crippen LogP contribution < -0.4 is 21.3 Å². The number of amides is 3. The van der Waals surface area contributed by atoms with Gasteiger partial charge in [-0.2, -0.15) is 0 Å². The van der Waals surface area contributed by atoms with Gasteiger partial charge in [-0.3, -0.25) is 4.79 Å². The van der Waals surface area contributed by atoms with Crippen molar-refractivity contribution in [1.82, 2.24) is 20.9 Å². The van der Waals surface area contributed by atoms with E-state index in [4.69, 9.17) is 0 Å². The second kappa shape index (κ2) is 14.4. The maximum atomic E-state index is 12.0. The summed E-state index contributed by atoms with van der Waals surface area (Å²) in [7, 11) is 3.48. The van der Waals surface area contributed by atoms with Gasteiger partial charge in [0.05, 0.1) is 6.54 Å². The van der Waals surface area contributed by atoms with Crippen molar-refractivity contribution < 1.29 is 9.59 Å². The fraction of sp³-hybridized carbons (Fsp3) is 0.375. The molecule has 9 heteroatoms. The van der Waals surface area contributed by atoms with Crippen molar-refractivity contribution >= 4 is 47.6 Å². The van der Waals surface area contributed by atoms with Gasteiger partial charge in [-0.05, 0) is 56.2 Å². The SMILES string of the molecule is CCNC(=NCc1ccc(NC(=O)NC(C)C)cc1)NCc1ccc(C(=O)N(C)C)cc1.I. The molecule has 0 atom stereocenters. The van der Waals surface area contributed by atoms with Gasteiger partial charge in [-0.25, -0.2) is 9.79 Å². The highest BCUT2D eigenvalue weighted by atomic mass is 127. The first-order valence-electron chi connectivity index (χ1n) is 10.8. The smallest absolute Gasteiger partial charge is 0.319 e. The summed E-state index contributed by atoms with van der Waals surface area (Å²) in [4.78, 5) is 30.0. The summed E-state index contributed by atoms with van der Waals surface area (Å²) in [5.74, 6) is 0.695. The third-order valence-electron chi connectivity index (χ3n) is 4.46. The first-order valence-corrected chi connectivity index (χ1v) is 10.8. The molecule has 0 saturated heterocycles. The number of urea groups is 1. The number of halogens is 1. The Balaban J connectivity index is 0.00000544. The first kappa shape index (κ1) is 28.2. The number of rotatable bonds is 8. The summed E-state index contributed by atoms with van der Waals surface area (Å²) in [6.07, 6.45) is 0. The van der Waals surface area contributed by atoms with E-state index >= 15 is 0 Å². The molecule has 0 aliphatic carbocycles. The van der Waals surface area contributed by atoms with Gasteiger partial charge < -0.3 is 26.2 Å². The summed E-state index contributed by atoms with van der Waals surface area (Å²) in [5, 5.41) is 12.1. The lowest BCUT2D eigenvalue weighted by molar-refractivity contribution is 0.0827. The van der Waals surface area contributed by atoms with Crippen molar-refractivity contribution in [3.05, 3.63) is 65.2 Å². The van der Waals surface area contributed by atoms with Gasteiger partial charge in [0.2, 0.25) is 0 Å². The maximum Gasteiger partial charge on any atom is 0.319 e. The molecule has 0 radical (unpaired) electrons. The fourth-order valence-electron chi connectivity index (χ4n) is 2.84. The Hall–Kier alpha value is -2.82. The summed E-state index contributed by atoms with van der Waals surface area (Å²) in [6, 6.07) is 15.0. The number of nitrogens with zero attached hydrogens (tertiary/aromatic N) is 2. The number of hydrogen-bond donors (Lipinski definition) is 4. The van der Waals surface area contributed by atoms with E-state index in [-0.39, 0.29) is 42.0 Å². The van der Waals surface area contributed by atoms with Crippen LogP contribution in [-0.4, -0.2) is 49.5 Å². The second-order valence-corrected chi connectivity index (χ2v) is 7.90. The minimum absolute atomic E-state index is 0. The van der Waals surface area contributed by atoms with E-state index in [2.05, 4.69) is 26.3 Å². The summed E-state index contributed by atoms with van der Waals surface area (Å²) >= 11 is 0. The molecule has 0 spiro atoms. The largest absolute Gasteiger partial charge is 0.357 e. The molecule has 0 bridgehead atoms. The Kier molecular flexibility index (Phi) is 12.3. The quantitative estimate of drug-likeness (QED) is 0.222. The van der Waals surface area contributed by atoms with Crippen LogP contribution in [0, 0.1) is 0 Å². The zero-order valence-corrected chi connectivity index (χ0v) is 22.3. The van der Waals surface area contributed by atoms with E-state index in [9.17, 15) is 9.59 Å². The van der Waals surface area contributed by atoms with E-state index in [0.717, 1.165) is 23.4 Å². The lowest BCUT2D eigenvalue weighted by atomic mass is 10.1. The number of carbonyl (C=O) groups is 2. The number of hydrogen-bond acceptors (Lipinski definition) is 3. The van der Waals surface area contributed by atoms with Crippen LogP contribution in [0.1, 0.15) is 42.3 Å². The molecule has 0 unspecified atom stereocenters. The van der Waals surface area contributed by atoms with Gasteiger partial charge in [-0.15, -0.1) is 24.0 Å². The third-order valence-corrected chi connectivity index (χ3v) is 4.46. The molecule has 0 saturated carbocycles. The fourth-order valence-corrected chi connectivity index (χ4v) is 2.84. The number of nitrogens with one attached hydrogen (secondary N) is 4. The van der Waals surface area contributed by atoms with Crippen molar-refractivity contribution in [1.29, 1.82) is 0 Å². The Labute approximate surface area is 213 Å². The molecule has 0 aliphatic rings. The lowest BCUT2D eigenvalue weighted by Gasteiger charge is -2.13. The average Bonchev–Trinajstić information content (AvgIpc) is 2.76. The number of carbonyl (C=O) groups excluding carboxylic acids is 2. The Morgan fingerprint density at radius 1 is 0.939 bits per heavy atom. The summed E-state index contributed by atoms with van der Waals surface area (Å²) in [5.41, 5.74) is 3.49. The van der Waals surface area contributed by atoms with Gasteiger partial charge in [0.1, 0.15) is 0 Å². The van der Waals surface area contributed by atoms with Crippen LogP contribution in [-0.2, 0) is 13.1 Å². The van der Waals surface area contributed by atoms with Gasteiger partial charge >= 0.3 is 6.03 Å². The molecule has 2 aromatic carbocycles. The normalized spacial score (nSPS) is 10.8. The number of aliphatic imine (C=N–C) groups is 1. The summed E-state index contributed by atoms with van der Waals surface area (Å²) < 4.78 is 0. The highest BCUT2D eigenvalue weighted by Gasteiger charge is 2.07. The molecule has 2 rings (SSSR count). The molecule has 3 amide bonds. The average molecular weight is 566 g/mol. The van der Waals surface area contributed by atoms with Crippen LogP contribution in [0.2, 0.25) is 0 Å². The van der Waals surface area contributed by atoms with Crippen LogP contribution in [0.3, 0.4) is 0 Å². The van der Waals surface area contributed by atoms with Crippen LogP contribution >= 0.6 is 24.0 Å². The van der Waals surface area contributed by atoms with Gasteiger partial charge in [0, 0.05) is 44.5 Å². The van der Waals surface area contributed by atoms with Gasteiger partial charge in [0.25, 0.3) is 5.91 Å². The van der Waals surface area contributed by atoms with Crippen molar-refractivity contribution in [2.45, 2.75) is 39.9 Å². The highest BCUT2D eigenvalue weighted by molar-refractivity contribution is 14.0. The Morgan fingerprint density at radius 3 is 2.09 bits per heavy atom. The monoisotopic (exact) mass is 566 g/mol. The summed E-state index contributed by atoms with van der Waals surface area (Å²) in [6.45, 7) is 7.69. The minimum Gasteiger partial charge on any atom is -0.357 e. The molecule has 0 aromatic heterocycles. The van der Waals surface area contributed by atoms with E-state index in [1.54, 1.807) is 19.0 Å². The van der Waals surface area contributed by atoms with E-state index in [1.807, 2.05) is 69.3 Å². The zero-order valence-electron chi connectivity index (χ0n) is 19.9. The second-order valence-electron chi connectivity index (χ2n) is 7.90. The molecule has 4 N–H and O–H groups in total. The van der Waals surface area contributed by atoms with Crippen molar-refractivity contribution in [2.24, 2.45) is 4.99 Å². The topological polar surface area (TPSA) is 97.9 Å². The van der Waals surface area contributed by atoms with E-state index < -0.39 is 0 Å². The molecule has 8 nitrogen and oxygen atoms in total. The van der Waals surface area contributed by atoms with Crippen molar-refractivity contribution in [3.63, 3.8) is 0 Å². The molecule has 0 heterocycles.